The molecule has 0 bridgehead atoms. The molecule has 1 aromatic rings. The Hall–Kier alpha value is -3.41. The van der Waals surface area contributed by atoms with E-state index in [4.69, 9.17) is 10.00 Å². The normalized spacial score (nSPS) is 19.3. The van der Waals surface area contributed by atoms with Crippen molar-refractivity contribution in [3.63, 3.8) is 0 Å². The molecule has 0 aliphatic carbocycles. The van der Waals surface area contributed by atoms with Crippen LogP contribution >= 0.6 is 0 Å². The Balaban J connectivity index is 2.02. The molecule has 9 nitrogen and oxygen atoms in total. The highest BCUT2D eigenvalue weighted by molar-refractivity contribution is 6.08. The SMILES string of the molecule is Cc1ccc([C@]2(C)NC(=O)N(CC(=O)O[C@@H](C)C(=O)N(C)CCC#N)C2=O)cc1. The molecule has 1 aliphatic heterocycles. The summed E-state index contributed by atoms with van der Waals surface area (Å²) < 4.78 is 5.07. The van der Waals surface area contributed by atoms with Crippen molar-refractivity contribution in [2.45, 2.75) is 38.8 Å². The third-order valence-electron chi connectivity index (χ3n) is 4.78. The fourth-order valence-corrected chi connectivity index (χ4v) is 2.98. The lowest BCUT2D eigenvalue weighted by Crippen LogP contribution is -2.43. The molecule has 1 fully saturated rings. The second-order valence-corrected chi connectivity index (χ2v) is 7.11. The van der Waals surface area contributed by atoms with Crippen molar-refractivity contribution >= 4 is 23.8 Å². The van der Waals surface area contributed by atoms with E-state index in [0.29, 0.717) is 5.56 Å². The van der Waals surface area contributed by atoms with Crippen LogP contribution in [-0.2, 0) is 24.7 Å². The van der Waals surface area contributed by atoms with E-state index in [-0.39, 0.29) is 13.0 Å². The van der Waals surface area contributed by atoms with Gasteiger partial charge in [0.25, 0.3) is 11.8 Å². The lowest BCUT2D eigenvalue weighted by Gasteiger charge is -2.23. The van der Waals surface area contributed by atoms with Gasteiger partial charge in [-0.1, -0.05) is 29.8 Å². The van der Waals surface area contributed by atoms with Crippen LogP contribution in [0.5, 0.6) is 0 Å². The van der Waals surface area contributed by atoms with E-state index in [0.717, 1.165) is 10.5 Å². The van der Waals surface area contributed by atoms with Crippen molar-refractivity contribution in [2.24, 2.45) is 0 Å². The molecule has 0 aromatic heterocycles. The topological polar surface area (TPSA) is 120 Å². The lowest BCUT2D eigenvalue weighted by atomic mass is 9.91. The van der Waals surface area contributed by atoms with Crippen LogP contribution in [0.4, 0.5) is 4.79 Å². The monoisotopic (exact) mass is 400 g/mol. The van der Waals surface area contributed by atoms with E-state index in [2.05, 4.69) is 5.32 Å². The van der Waals surface area contributed by atoms with Gasteiger partial charge in [0.1, 0.15) is 12.1 Å². The number of nitriles is 1. The number of nitrogens with one attached hydrogen (secondary N) is 1. The zero-order valence-electron chi connectivity index (χ0n) is 16.9. The molecule has 154 valence electrons. The third-order valence-corrected chi connectivity index (χ3v) is 4.78. The Labute approximate surface area is 169 Å². The van der Waals surface area contributed by atoms with Crippen LogP contribution in [0.15, 0.2) is 24.3 Å². The number of benzene rings is 1. The lowest BCUT2D eigenvalue weighted by molar-refractivity contribution is -0.159. The molecule has 1 aliphatic rings. The smallest absolute Gasteiger partial charge is 0.327 e. The summed E-state index contributed by atoms with van der Waals surface area (Å²) in [7, 11) is 1.49. The minimum absolute atomic E-state index is 0.156. The van der Waals surface area contributed by atoms with Crippen LogP contribution < -0.4 is 5.32 Å². The van der Waals surface area contributed by atoms with Gasteiger partial charge in [0.05, 0.1) is 12.5 Å². The number of aryl methyl sites for hydroxylation is 1. The number of hydrogen-bond donors (Lipinski definition) is 1. The van der Waals surface area contributed by atoms with Crippen LogP contribution in [0.3, 0.4) is 0 Å². The molecular weight excluding hydrogens is 376 g/mol. The van der Waals surface area contributed by atoms with Gasteiger partial charge in [-0.25, -0.2) is 4.79 Å². The first-order chi connectivity index (χ1) is 13.6. The molecular formula is C20H24N4O5. The third kappa shape index (κ3) is 4.71. The Kier molecular flexibility index (Phi) is 6.59. The number of urea groups is 1. The van der Waals surface area contributed by atoms with E-state index >= 15 is 0 Å². The Bertz CT molecular complexity index is 861. The van der Waals surface area contributed by atoms with Crippen molar-refractivity contribution in [1.29, 1.82) is 5.26 Å². The van der Waals surface area contributed by atoms with E-state index < -0.39 is 42.0 Å². The number of rotatable bonds is 7. The van der Waals surface area contributed by atoms with Crippen LogP contribution in [0.25, 0.3) is 0 Å². The first kappa shape index (κ1) is 21.9. The number of carbonyl (C=O) groups excluding carboxylic acids is 4. The molecule has 4 amide bonds. The number of carbonyl (C=O) groups is 4. The summed E-state index contributed by atoms with van der Waals surface area (Å²) in [5.74, 6) is -1.93. The second-order valence-electron chi connectivity index (χ2n) is 7.11. The second kappa shape index (κ2) is 8.73. The highest BCUT2D eigenvalue weighted by Gasteiger charge is 2.49. The predicted molar refractivity (Wildman–Crippen MR) is 102 cm³/mol. The predicted octanol–water partition coefficient (Wildman–Crippen LogP) is 1.07. The standard InChI is InChI=1S/C20H24N4O5/c1-13-6-8-15(9-7-13)20(3)18(27)24(19(28)22-20)12-16(25)29-14(2)17(26)23(4)11-5-10-21/h6-9,14H,5,11-12H2,1-4H3,(H,22,28)/t14-,20-/m0/s1. The zero-order chi connectivity index (χ0) is 21.8. The molecule has 1 heterocycles. The molecule has 1 saturated heterocycles. The van der Waals surface area contributed by atoms with Gasteiger partial charge in [0.15, 0.2) is 6.10 Å². The van der Waals surface area contributed by atoms with Crippen molar-refractivity contribution in [1.82, 2.24) is 15.1 Å². The summed E-state index contributed by atoms with van der Waals surface area (Å²) in [5.41, 5.74) is 0.317. The number of ether oxygens (including phenoxy) is 1. The molecule has 0 radical (unpaired) electrons. The molecule has 9 heteroatoms. The van der Waals surface area contributed by atoms with E-state index in [1.54, 1.807) is 19.1 Å². The van der Waals surface area contributed by atoms with Crippen molar-refractivity contribution in [3.05, 3.63) is 35.4 Å². The Morgan fingerprint density at radius 3 is 2.52 bits per heavy atom. The average Bonchev–Trinajstić information content (AvgIpc) is 2.89. The van der Waals surface area contributed by atoms with Crippen molar-refractivity contribution < 1.29 is 23.9 Å². The minimum atomic E-state index is -1.29. The van der Waals surface area contributed by atoms with Gasteiger partial charge in [-0.15, -0.1) is 0 Å². The molecule has 2 rings (SSSR count). The molecule has 1 N–H and O–H groups in total. The van der Waals surface area contributed by atoms with Crippen molar-refractivity contribution in [2.75, 3.05) is 20.1 Å². The highest BCUT2D eigenvalue weighted by atomic mass is 16.5. The summed E-state index contributed by atoms with van der Waals surface area (Å²) >= 11 is 0. The molecule has 29 heavy (non-hydrogen) atoms. The van der Waals surface area contributed by atoms with Gasteiger partial charge in [-0.05, 0) is 26.3 Å². The maximum Gasteiger partial charge on any atom is 0.327 e. The number of nitrogens with zero attached hydrogens (tertiary/aromatic N) is 3. The maximum absolute atomic E-state index is 12.8. The van der Waals surface area contributed by atoms with E-state index in [1.165, 1.54) is 18.9 Å². The van der Waals surface area contributed by atoms with Gasteiger partial charge in [0, 0.05) is 13.6 Å². The summed E-state index contributed by atoms with van der Waals surface area (Å²) in [6, 6.07) is 8.36. The van der Waals surface area contributed by atoms with Gasteiger partial charge in [0.2, 0.25) is 0 Å². The average molecular weight is 400 g/mol. The number of hydrogen-bond acceptors (Lipinski definition) is 6. The van der Waals surface area contributed by atoms with Crippen molar-refractivity contribution in [3.8, 4) is 6.07 Å². The Morgan fingerprint density at radius 1 is 1.31 bits per heavy atom. The summed E-state index contributed by atoms with van der Waals surface area (Å²) in [4.78, 5) is 51.6. The van der Waals surface area contributed by atoms with Gasteiger partial charge < -0.3 is 15.0 Å². The molecule has 2 atom stereocenters. The van der Waals surface area contributed by atoms with E-state index in [1.807, 2.05) is 25.1 Å². The number of amides is 4. The quantitative estimate of drug-likeness (QED) is 0.540. The zero-order valence-corrected chi connectivity index (χ0v) is 16.9. The number of likely N-dealkylation sites (N-methyl/N-ethyl adjacent to an activating group) is 1. The van der Waals surface area contributed by atoms with Crippen LogP contribution in [0, 0.1) is 18.3 Å². The van der Waals surface area contributed by atoms with Crippen LogP contribution in [0.2, 0.25) is 0 Å². The first-order valence-electron chi connectivity index (χ1n) is 9.12. The maximum atomic E-state index is 12.8. The van der Waals surface area contributed by atoms with Crippen LogP contribution in [-0.4, -0.2) is 59.9 Å². The molecule has 0 unspecified atom stereocenters. The molecule has 0 spiro atoms. The van der Waals surface area contributed by atoms with Crippen LogP contribution in [0.1, 0.15) is 31.4 Å². The van der Waals surface area contributed by atoms with Gasteiger partial charge >= 0.3 is 12.0 Å². The summed E-state index contributed by atoms with van der Waals surface area (Å²) in [6.07, 6.45) is -0.946. The fourth-order valence-electron chi connectivity index (χ4n) is 2.98. The number of esters is 1. The number of imide groups is 1. The van der Waals surface area contributed by atoms with Gasteiger partial charge in [-0.3, -0.25) is 19.3 Å². The molecule has 0 saturated carbocycles. The molecule has 1 aromatic carbocycles. The largest absolute Gasteiger partial charge is 0.451 e. The Morgan fingerprint density at radius 2 is 1.93 bits per heavy atom. The summed E-state index contributed by atoms with van der Waals surface area (Å²) in [6.45, 7) is 4.47. The highest BCUT2D eigenvalue weighted by Crippen LogP contribution is 2.28. The minimum Gasteiger partial charge on any atom is -0.451 e. The fraction of sp³-hybridized carbons (Fsp3) is 0.450. The van der Waals surface area contributed by atoms with Gasteiger partial charge in [-0.2, -0.15) is 5.26 Å². The summed E-state index contributed by atoms with van der Waals surface area (Å²) in [5, 5.41) is 11.2. The first-order valence-corrected chi connectivity index (χ1v) is 9.12. The van der Waals surface area contributed by atoms with E-state index in [9.17, 15) is 19.2 Å².